The molecule has 0 saturated carbocycles. The Morgan fingerprint density at radius 2 is 1.11 bits per heavy atom. The van der Waals surface area contributed by atoms with Gasteiger partial charge in [0.05, 0.1) is 0 Å². The van der Waals surface area contributed by atoms with Gasteiger partial charge in [-0.1, -0.05) is 11.6 Å². The molecule has 0 amide bonds. The first-order chi connectivity index (χ1) is 7.13. The maximum Gasteiger partial charge on any atom is 0.460 e. The first kappa shape index (κ1) is 19.6. The van der Waals surface area contributed by atoms with Gasteiger partial charge in [-0.2, -0.15) is 35.1 Å². The fourth-order valence-corrected chi connectivity index (χ4v) is 0.563. The van der Waals surface area contributed by atoms with Crippen LogP contribution >= 0.6 is 11.6 Å². The zero-order valence-corrected chi connectivity index (χ0v) is 8.40. The highest BCUT2D eigenvalue weighted by atomic mass is 35.5. The number of hydrogen-bond donors (Lipinski definition) is 0. The smallest absolute Gasteiger partial charge is 0.269 e. The molecule has 1 unspecified atom stereocenters. The highest BCUT2D eigenvalue weighted by Crippen LogP contribution is 2.46. The molecule has 18 heavy (non-hydrogen) atoms. The zero-order valence-electron chi connectivity index (χ0n) is 7.64. The van der Waals surface area contributed by atoms with Crippen molar-refractivity contribution in [1.82, 2.24) is 0 Å². The third-order valence-electron chi connectivity index (χ3n) is 1.34. The van der Waals surface area contributed by atoms with Crippen molar-refractivity contribution in [3.63, 3.8) is 0 Å². The van der Waals surface area contributed by atoms with Gasteiger partial charge in [0.25, 0.3) is 5.13 Å². The van der Waals surface area contributed by atoms with E-state index in [4.69, 9.17) is 0 Å². The van der Waals surface area contributed by atoms with Crippen LogP contribution in [0.3, 0.4) is 0 Å². The molecule has 0 aliphatic rings. The Kier molecular flexibility index (Phi) is 5.55. The molecule has 0 fully saturated rings. The second kappa shape index (κ2) is 5.10. The Morgan fingerprint density at radius 1 is 0.778 bits per heavy atom. The topological polar surface area (TPSA) is 0 Å². The van der Waals surface area contributed by atoms with Crippen LogP contribution in [0.2, 0.25) is 0 Å². The van der Waals surface area contributed by atoms with Crippen LogP contribution in [0, 0.1) is 0 Å². The van der Waals surface area contributed by atoms with Gasteiger partial charge in [-0.3, -0.25) is 4.70 Å². The summed E-state index contributed by atoms with van der Waals surface area (Å²) >= 11 is 3.95. The Bertz CT molecular complexity index is 308. The zero-order chi connectivity index (χ0) is 14.3. The van der Waals surface area contributed by atoms with E-state index in [0.29, 0.717) is 0 Å². The molecule has 0 heterocycles. The van der Waals surface area contributed by atoms with Gasteiger partial charge in [0.2, 0.25) is 0 Å². The van der Waals surface area contributed by atoms with Gasteiger partial charge < -0.3 is 0 Å². The Labute approximate surface area is 96.6 Å². The maximum absolute atomic E-state index is 12.4. The summed E-state index contributed by atoms with van der Waals surface area (Å²) in [4.78, 5) is 0. The SMILES string of the molecule is F.FC(=CC(F)(Cl)C(F)(F)F)C(F)(F)C(F)(F)F. The van der Waals surface area contributed by atoms with Gasteiger partial charge in [-0.15, -0.1) is 0 Å². The van der Waals surface area contributed by atoms with Crippen molar-refractivity contribution in [2.24, 2.45) is 0 Å². The van der Waals surface area contributed by atoms with Crippen LogP contribution in [0.4, 0.5) is 48.6 Å². The summed E-state index contributed by atoms with van der Waals surface area (Å²) in [6.07, 6.45) is -14.2. The molecule has 0 saturated heterocycles. The summed E-state index contributed by atoms with van der Waals surface area (Å²) in [5.41, 5.74) is 0. The lowest BCUT2D eigenvalue weighted by Crippen LogP contribution is -2.40. The second-order valence-electron chi connectivity index (χ2n) is 2.69. The van der Waals surface area contributed by atoms with E-state index in [9.17, 15) is 43.9 Å². The summed E-state index contributed by atoms with van der Waals surface area (Å²) in [6.45, 7) is 0. The van der Waals surface area contributed by atoms with Crippen LogP contribution in [0.25, 0.3) is 0 Å². The lowest BCUT2D eigenvalue weighted by atomic mass is 10.2. The van der Waals surface area contributed by atoms with Crippen LogP contribution in [0.5, 0.6) is 0 Å². The standard InChI is InChI=1S/C6HClF10.FH/c7-3(9,5(12,13)14)1-2(8)4(10,11)6(15,16)17;/h1H;1H. The second-order valence-corrected chi connectivity index (χ2v) is 3.24. The van der Waals surface area contributed by atoms with Crippen molar-refractivity contribution in [3.05, 3.63) is 11.9 Å². The molecule has 0 aromatic heterocycles. The van der Waals surface area contributed by atoms with Gasteiger partial charge >= 0.3 is 18.3 Å². The minimum Gasteiger partial charge on any atom is -0.269 e. The van der Waals surface area contributed by atoms with Crippen LogP contribution in [0.1, 0.15) is 0 Å². The third kappa shape index (κ3) is 3.89. The summed E-state index contributed by atoms with van der Waals surface area (Å²) in [6, 6.07) is 0. The molecule has 0 nitrogen and oxygen atoms in total. The van der Waals surface area contributed by atoms with E-state index in [1.54, 1.807) is 0 Å². The number of hydrogen-bond acceptors (Lipinski definition) is 0. The van der Waals surface area contributed by atoms with Crippen molar-refractivity contribution in [1.29, 1.82) is 0 Å². The highest BCUT2D eigenvalue weighted by molar-refractivity contribution is 6.24. The van der Waals surface area contributed by atoms with E-state index < -0.39 is 35.3 Å². The Balaban J connectivity index is 0. The molecular weight excluding hydrogens is 316 g/mol. The molecule has 110 valence electrons. The molecule has 0 spiro atoms. The lowest BCUT2D eigenvalue weighted by molar-refractivity contribution is -0.271. The maximum atomic E-state index is 12.4. The molecule has 0 N–H and O–H groups in total. The quantitative estimate of drug-likeness (QED) is 0.513. The monoisotopic (exact) mass is 318 g/mol. The fraction of sp³-hybridized carbons (Fsp3) is 0.667. The molecular formula is C6H2ClF11. The molecule has 0 aromatic carbocycles. The summed E-state index contributed by atoms with van der Waals surface area (Å²) in [5.74, 6) is -9.94. The normalized spacial score (nSPS) is 18.1. The molecule has 0 bridgehead atoms. The van der Waals surface area contributed by atoms with Gasteiger partial charge in [0.1, 0.15) is 0 Å². The fourth-order valence-electron chi connectivity index (χ4n) is 0.467. The van der Waals surface area contributed by atoms with Crippen molar-refractivity contribution in [2.45, 2.75) is 23.4 Å². The molecule has 0 aliphatic carbocycles. The van der Waals surface area contributed by atoms with Crippen LogP contribution in [-0.4, -0.2) is 23.4 Å². The molecule has 0 aliphatic heterocycles. The molecule has 12 heteroatoms. The van der Waals surface area contributed by atoms with E-state index in [-0.39, 0.29) is 4.70 Å². The van der Waals surface area contributed by atoms with Crippen LogP contribution in [0.15, 0.2) is 11.9 Å². The van der Waals surface area contributed by atoms with Gasteiger partial charge in [-0.05, 0) is 0 Å². The van der Waals surface area contributed by atoms with E-state index >= 15 is 0 Å². The summed E-state index contributed by atoms with van der Waals surface area (Å²) in [7, 11) is 0. The molecule has 0 radical (unpaired) electrons. The number of allylic oxidation sites excluding steroid dienone is 2. The van der Waals surface area contributed by atoms with Crippen molar-refractivity contribution < 1.29 is 48.6 Å². The number of halogens is 12. The molecule has 0 aromatic rings. The largest absolute Gasteiger partial charge is 0.460 e. The minimum atomic E-state index is -6.51. The number of rotatable bonds is 2. The summed E-state index contributed by atoms with van der Waals surface area (Å²) < 4.78 is 118. The van der Waals surface area contributed by atoms with Crippen LogP contribution in [-0.2, 0) is 0 Å². The van der Waals surface area contributed by atoms with Gasteiger partial charge in [0.15, 0.2) is 5.83 Å². The predicted molar refractivity (Wildman–Crippen MR) is 38.4 cm³/mol. The van der Waals surface area contributed by atoms with Crippen LogP contribution < -0.4 is 0 Å². The van der Waals surface area contributed by atoms with E-state index in [2.05, 4.69) is 11.6 Å². The average molecular weight is 319 g/mol. The molecule has 0 rings (SSSR count). The Morgan fingerprint density at radius 3 is 1.33 bits per heavy atom. The number of alkyl halides is 10. The van der Waals surface area contributed by atoms with Crippen molar-refractivity contribution in [3.8, 4) is 0 Å². The van der Waals surface area contributed by atoms with Gasteiger partial charge in [-0.25, -0.2) is 8.78 Å². The first-order valence-corrected chi connectivity index (χ1v) is 3.78. The van der Waals surface area contributed by atoms with E-state index in [1.165, 1.54) is 0 Å². The van der Waals surface area contributed by atoms with Crippen molar-refractivity contribution >= 4 is 11.6 Å². The Hall–Kier alpha value is -0.740. The summed E-state index contributed by atoms with van der Waals surface area (Å²) in [5, 5.41) is -5.16. The highest BCUT2D eigenvalue weighted by Gasteiger charge is 2.63. The average Bonchev–Trinajstić information content (AvgIpc) is 1.98. The van der Waals surface area contributed by atoms with E-state index in [0.717, 1.165) is 0 Å². The van der Waals surface area contributed by atoms with Gasteiger partial charge in [0, 0.05) is 6.08 Å². The first-order valence-electron chi connectivity index (χ1n) is 3.41. The predicted octanol–water partition coefficient (Wildman–Crippen LogP) is 4.66. The third-order valence-corrected chi connectivity index (χ3v) is 1.67. The molecule has 1 atom stereocenters. The van der Waals surface area contributed by atoms with E-state index in [1.807, 2.05) is 0 Å². The minimum absolute atomic E-state index is 0. The van der Waals surface area contributed by atoms with Crippen molar-refractivity contribution in [2.75, 3.05) is 0 Å². The lowest BCUT2D eigenvalue weighted by Gasteiger charge is -2.21.